The number of fused-ring (bicyclic) bond motifs is 5. The first kappa shape index (κ1) is 14.7. The topological polar surface area (TPSA) is 47.9 Å². The molecule has 3 aliphatic rings. The van der Waals surface area contributed by atoms with Crippen molar-refractivity contribution in [1.29, 1.82) is 0 Å². The van der Waals surface area contributed by atoms with Gasteiger partial charge in [0.15, 0.2) is 0 Å². The number of hydrogen-bond acceptors (Lipinski definition) is 4. The van der Waals surface area contributed by atoms with E-state index in [1.54, 1.807) is 0 Å². The number of esters is 1. The van der Waals surface area contributed by atoms with Crippen LogP contribution in [-0.4, -0.2) is 23.9 Å². The summed E-state index contributed by atoms with van der Waals surface area (Å²) in [5.41, 5.74) is 6.05. The van der Waals surface area contributed by atoms with Crippen LogP contribution in [0.5, 0.6) is 0 Å². The fourth-order valence-corrected chi connectivity index (χ4v) is 5.12. The summed E-state index contributed by atoms with van der Waals surface area (Å²) in [5.74, 6) is 0.711. The predicted octanol–water partition coefficient (Wildman–Crippen LogP) is 3.30. The first-order chi connectivity index (χ1) is 11.0. The average molecular weight is 313 g/mol. The fourth-order valence-electron chi connectivity index (χ4n) is 5.12. The molecule has 2 aliphatic carbocycles. The molecule has 1 heterocycles. The highest BCUT2D eigenvalue weighted by Gasteiger charge is 2.62. The summed E-state index contributed by atoms with van der Waals surface area (Å²) in [6.07, 6.45) is 2.24. The molecular weight excluding hydrogens is 290 g/mol. The maximum Gasteiger partial charge on any atom is 0.302 e. The number of oxime groups is 1. The lowest BCUT2D eigenvalue weighted by atomic mass is 9.79. The van der Waals surface area contributed by atoms with Crippen molar-refractivity contribution in [1.82, 2.24) is 0 Å². The summed E-state index contributed by atoms with van der Waals surface area (Å²) < 4.78 is 5.62. The van der Waals surface area contributed by atoms with E-state index in [-0.39, 0.29) is 24.1 Å². The zero-order chi connectivity index (χ0) is 16.3. The van der Waals surface area contributed by atoms with Crippen LogP contribution >= 0.6 is 0 Å². The lowest BCUT2D eigenvalue weighted by Crippen LogP contribution is -2.30. The Morgan fingerprint density at radius 1 is 1.17 bits per heavy atom. The number of hydrogen-bond donors (Lipinski definition) is 0. The largest absolute Gasteiger partial charge is 0.462 e. The molecule has 0 spiro atoms. The fraction of sp³-hybridized carbons (Fsp3) is 0.579. The van der Waals surface area contributed by atoms with Crippen molar-refractivity contribution in [3.05, 3.63) is 34.4 Å². The Morgan fingerprint density at radius 2 is 1.83 bits per heavy atom. The van der Waals surface area contributed by atoms with Crippen LogP contribution in [0, 0.1) is 38.5 Å². The minimum absolute atomic E-state index is 0.000870. The number of carbonyl (C=O) groups excluding carboxylic acids is 1. The van der Waals surface area contributed by atoms with Crippen LogP contribution < -0.4 is 0 Å². The highest BCUT2D eigenvalue weighted by Crippen LogP contribution is 2.55. The monoisotopic (exact) mass is 313 g/mol. The molecule has 5 atom stereocenters. The maximum absolute atomic E-state index is 11.4. The van der Waals surface area contributed by atoms with Crippen LogP contribution in [0.25, 0.3) is 0 Å². The predicted molar refractivity (Wildman–Crippen MR) is 87.3 cm³/mol. The van der Waals surface area contributed by atoms with E-state index in [1.165, 1.54) is 29.2 Å². The molecule has 0 saturated heterocycles. The van der Waals surface area contributed by atoms with Crippen molar-refractivity contribution in [3.63, 3.8) is 0 Å². The Morgan fingerprint density at radius 3 is 2.48 bits per heavy atom. The van der Waals surface area contributed by atoms with Crippen LogP contribution in [-0.2, 0) is 14.4 Å². The van der Waals surface area contributed by atoms with Crippen molar-refractivity contribution < 1.29 is 14.4 Å². The third-order valence-electron chi connectivity index (χ3n) is 5.74. The second kappa shape index (κ2) is 5.08. The Labute approximate surface area is 136 Å². The Hall–Kier alpha value is -1.84. The zero-order valence-electron chi connectivity index (χ0n) is 14.1. The van der Waals surface area contributed by atoms with Gasteiger partial charge in [-0.3, -0.25) is 4.79 Å². The molecule has 0 aromatic heterocycles. The Balaban J connectivity index is 1.71. The van der Waals surface area contributed by atoms with Crippen molar-refractivity contribution in [2.75, 3.05) is 0 Å². The molecule has 0 radical (unpaired) electrons. The van der Waals surface area contributed by atoms with Crippen molar-refractivity contribution in [2.24, 2.45) is 22.9 Å². The van der Waals surface area contributed by atoms with E-state index in [1.807, 2.05) is 0 Å². The summed E-state index contributed by atoms with van der Waals surface area (Å²) in [6.45, 7) is 7.90. The van der Waals surface area contributed by atoms with Crippen molar-refractivity contribution in [2.45, 2.75) is 52.7 Å². The molecule has 23 heavy (non-hydrogen) atoms. The summed E-state index contributed by atoms with van der Waals surface area (Å²) in [4.78, 5) is 17.3. The molecule has 2 bridgehead atoms. The number of rotatable bonds is 2. The van der Waals surface area contributed by atoms with Crippen LogP contribution in [0.4, 0.5) is 0 Å². The van der Waals surface area contributed by atoms with Gasteiger partial charge < -0.3 is 9.57 Å². The van der Waals surface area contributed by atoms with Crippen LogP contribution in [0.2, 0.25) is 0 Å². The van der Waals surface area contributed by atoms with Crippen LogP contribution in [0.1, 0.15) is 42.0 Å². The molecule has 2 fully saturated rings. The summed E-state index contributed by atoms with van der Waals surface area (Å²) in [6, 6.07) is 4.41. The van der Waals surface area contributed by atoms with Gasteiger partial charge in [0, 0.05) is 24.3 Å². The normalized spacial score (nSPS) is 34.1. The van der Waals surface area contributed by atoms with Gasteiger partial charge in [0.1, 0.15) is 12.2 Å². The van der Waals surface area contributed by atoms with E-state index in [2.05, 4.69) is 38.1 Å². The van der Waals surface area contributed by atoms with E-state index in [0.29, 0.717) is 11.8 Å². The third-order valence-corrected chi connectivity index (χ3v) is 5.74. The van der Waals surface area contributed by atoms with Crippen molar-refractivity contribution in [3.8, 4) is 0 Å². The number of benzene rings is 1. The maximum atomic E-state index is 11.4. The van der Waals surface area contributed by atoms with Gasteiger partial charge in [-0.25, -0.2) is 0 Å². The molecule has 1 aliphatic heterocycles. The Kier molecular flexibility index (Phi) is 3.26. The molecule has 4 rings (SSSR count). The standard InChI is InChI=1S/C19H23NO3/c1-9-7-10(2)15(11(3)8-9)17-16-13-5-6-14(19(16)23-20-17)18(13)22-12(4)21/h7-8,13-14,16,18-19H,5-6H2,1-4H3/t13-,14-,16+,18+,19+/m1/s1. The van der Waals surface area contributed by atoms with Gasteiger partial charge in [0.25, 0.3) is 0 Å². The molecule has 4 heteroatoms. The number of ether oxygens (including phenoxy) is 1. The van der Waals surface area contributed by atoms with Gasteiger partial charge in [-0.05, 0) is 44.7 Å². The second-order valence-corrected chi connectivity index (χ2v) is 7.33. The van der Waals surface area contributed by atoms with Gasteiger partial charge in [0.05, 0.1) is 11.6 Å². The summed E-state index contributed by atoms with van der Waals surface area (Å²) >= 11 is 0. The first-order valence-electron chi connectivity index (χ1n) is 8.46. The molecule has 1 aromatic carbocycles. The van der Waals surface area contributed by atoms with E-state index >= 15 is 0 Å². The van der Waals surface area contributed by atoms with Gasteiger partial charge >= 0.3 is 5.97 Å². The Bertz CT molecular complexity index is 686. The second-order valence-electron chi connectivity index (χ2n) is 7.33. The van der Waals surface area contributed by atoms with E-state index < -0.39 is 0 Å². The SMILES string of the molecule is CC(=O)O[C@@H]1[C@H]2CC[C@@H]1[C@H]1C(c3c(C)cc(C)cc3C)=NO[C@@H]21. The summed E-state index contributed by atoms with van der Waals surface area (Å²) in [5, 5.41) is 4.47. The minimum Gasteiger partial charge on any atom is -0.462 e. The summed E-state index contributed by atoms with van der Waals surface area (Å²) in [7, 11) is 0. The quantitative estimate of drug-likeness (QED) is 0.787. The highest BCUT2D eigenvalue weighted by atomic mass is 16.6. The lowest BCUT2D eigenvalue weighted by Gasteiger charge is -2.23. The van der Waals surface area contributed by atoms with E-state index in [9.17, 15) is 4.79 Å². The van der Waals surface area contributed by atoms with Gasteiger partial charge in [-0.2, -0.15) is 0 Å². The van der Waals surface area contributed by atoms with Gasteiger partial charge in [-0.1, -0.05) is 22.9 Å². The van der Waals surface area contributed by atoms with Crippen LogP contribution in [0.3, 0.4) is 0 Å². The van der Waals surface area contributed by atoms with Gasteiger partial charge in [-0.15, -0.1) is 0 Å². The average Bonchev–Trinajstić information content (AvgIpc) is 3.09. The van der Waals surface area contributed by atoms with E-state index in [0.717, 1.165) is 18.6 Å². The lowest BCUT2D eigenvalue weighted by molar-refractivity contribution is -0.149. The number of carbonyl (C=O) groups is 1. The molecule has 1 aromatic rings. The zero-order valence-corrected chi connectivity index (χ0v) is 14.1. The first-order valence-corrected chi connectivity index (χ1v) is 8.46. The molecule has 2 saturated carbocycles. The number of nitrogens with zero attached hydrogens (tertiary/aromatic N) is 1. The van der Waals surface area contributed by atoms with Crippen LogP contribution in [0.15, 0.2) is 17.3 Å². The molecule has 4 nitrogen and oxygen atoms in total. The van der Waals surface area contributed by atoms with Crippen molar-refractivity contribution >= 4 is 11.7 Å². The smallest absolute Gasteiger partial charge is 0.302 e. The van der Waals surface area contributed by atoms with Gasteiger partial charge in [0.2, 0.25) is 0 Å². The molecule has 0 N–H and O–H groups in total. The molecule has 122 valence electrons. The highest BCUT2D eigenvalue weighted by molar-refractivity contribution is 6.06. The number of aryl methyl sites for hydroxylation is 3. The molecular formula is C19H23NO3. The molecule has 0 amide bonds. The third kappa shape index (κ3) is 2.11. The molecule has 0 unspecified atom stereocenters. The van der Waals surface area contributed by atoms with E-state index in [4.69, 9.17) is 9.57 Å². The minimum atomic E-state index is -0.187.